The molecule has 2 fully saturated rings. The van der Waals surface area contributed by atoms with Crippen LogP contribution in [0.3, 0.4) is 0 Å². The molecule has 1 aromatic rings. The molecule has 1 aromatic heterocycles. The molecule has 0 spiro atoms. The molecule has 5 nitrogen and oxygen atoms in total. The SMILES string of the molecule is CC(C)=C[C@@H]1[C@@H](C(=O)N2CCC(c3nc(C)no3)CC2)C1(C)C. The van der Waals surface area contributed by atoms with Gasteiger partial charge in [0.2, 0.25) is 11.8 Å². The topological polar surface area (TPSA) is 59.2 Å². The van der Waals surface area contributed by atoms with E-state index in [-0.39, 0.29) is 11.3 Å². The lowest BCUT2D eigenvalue weighted by molar-refractivity contribution is -0.134. The van der Waals surface area contributed by atoms with E-state index in [0.29, 0.717) is 23.6 Å². The molecule has 2 atom stereocenters. The summed E-state index contributed by atoms with van der Waals surface area (Å²) in [4.78, 5) is 19.2. The number of hydrogen-bond donors (Lipinski definition) is 0. The van der Waals surface area contributed by atoms with Gasteiger partial charge in [-0.3, -0.25) is 4.79 Å². The molecular weight excluding hydrogens is 290 g/mol. The number of piperidine rings is 1. The fourth-order valence-electron chi connectivity index (χ4n) is 3.84. The lowest BCUT2D eigenvalue weighted by Gasteiger charge is -2.31. The molecule has 2 heterocycles. The zero-order chi connectivity index (χ0) is 16.8. The number of carbonyl (C=O) groups excluding carboxylic acids is 1. The molecule has 126 valence electrons. The van der Waals surface area contributed by atoms with Crippen LogP contribution in [0, 0.1) is 24.2 Å². The van der Waals surface area contributed by atoms with Crippen molar-refractivity contribution in [1.29, 1.82) is 0 Å². The van der Waals surface area contributed by atoms with Gasteiger partial charge in [0.05, 0.1) is 5.92 Å². The molecule has 2 aliphatic rings. The Morgan fingerprint density at radius 1 is 1.30 bits per heavy atom. The Balaban J connectivity index is 1.60. The fourth-order valence-corrected chi connectivity index (χ4v) is 3.84. The number of amides is 1. The summed E-state index contributed by atoms with van der Waals surface area (Å²) >= 11 is 0. The number of aromatic nitrogens is 2. The van der Waals surface area contributed by atoms with Gasteiger partial charge in [-0.2, -0.15) is 4.98 Å². The van der Waals surface area contributed by atoms with Gasteiger partial charge < -0.3 is 9.42 Å². The maximum atomic E-state index is 12.9. The molecule has 0 N–H and O–H groups in total. The van der Waals surface area contributed by atoms with Gasteiger partial charge in [0, 0.05) is 19.0 Å². The highest BCUT2D eigenvalue weighted by atomic mass is 16.5. The Morgan fingerprint density at radius 2 is 1.96 bits per heavy atom. The van der Waals surface area contributed by atoms with Gasteiger partial charge in [-0.15, -0.1) is 0 Å². The summed E-state index contributed by atoms with van der Waals surface area (Å²) < 4.78 is 5.28. The standard InChI is InChI=1S/C18H27N3O2/c1-11(2)10-14-15(18(14,4)5)17(22)21-8-6-13(7-9-21)16-19-12(3)20-23-16/h10,13-15H,6-9H2,1-5H3/t14-,15+/m1/s1. The summed E-state index contributed by atoms with van der Waals surface area (Å²) in [6.07, 6.45) is 4.08. The Kier molecular flexibility index (Phi) is 4.07. The van der Waals surface area contributed by atoms with Crippen molar-refractivity contribution >= 4 is 5.91 Å². The first kappa shape index (κ1) is 16.2. The van der Waals surface area contributed by atoms with Crippen LogP contribution in [0.25, 0.3) is 0 Å². The Bertz CT molecular complexity index is 620. The number of rotatable bonds is 3. The first-order valence-electron chi connectivity index (χ1n) is 8.54. The predicted molar refractivity (Wildman–Crippen MR) is 87.8 cm³/mol. The first-order valence-corrected chi connectivity index (χ1v) is 8.54. The monoisotopic (exact) mass is 317 g/mol. The van der Waals surface area contributed by atoms with Crippen LogP contribution >= 0.6 is 0 Å². The van der Waals surface area contributed by atoms with E-state index in [1.165, 1.54) is 5.57 Å². The molecule has 1 amide bonds. The highest BCUT2D eigenvalue weighted by Crippen LogP contribution is 2.60. The third-order valence-electron chi connectivity index (χ3n) is 5.39. The maximum absolute atomic E-state index is 12.9. The van der Waals surface area contributed by atoms with Gasteiger partial charge in [0.1, 0.15) is 0 Å². The molecule has 1 saturated heterocycles. The zero-order valence-electron chi connectivity index (χ0n) is 14.8. The molecule has 0 radical (unpaired) electrons. The quantitative estimate of drug-likeness (QED) is 0.802. The van der Waals surface area contributed by atoms with Crippen molar-refractivity contribution in [2.24, 2.45) is 17.3 Å². The molecule has 1 aliphatic heterocycles. The van der Waals surface area contributed by atoms with Gasteiger partial charge in [-0.05, 0) is 44.9 Å². The van der Waals surface area contributed by atoms with Crippen molar-refractivity contribution in [2.45, 2.75) is 53.4 Å². The maximum Gasteiger partial charge on any atom is 0.229 e. The lowest BCUT2D eigenvalue weighted by Crippen LogP contribution is -2.39. The highest BCUT2D eigenvalue weighted by molar-refractivity contribution is 5.84. The molecule has 5 heteroatoms. The van der Waals surface area contributed by atoms with Crippen LogP contribution in [0.5, 0.6) is 0 Å². The van der Waals surface area contributed by atoms with Gasteiger partial charge >= 0.3 is 0 Å². The molecule has 3 rings (SSSR count). The van der Waals surface area contributed by atoms with Crippen LogP contribution in [0.2, 0.25) is 0 Å². The minimum absolute atomic E-state index is 0.0921. The summed E-state index contributed by atoms with van der Waals surface area (Å²) in [6.45, 7) is 12.0. The van der Waals surface area contributed by atoms with Gasteiger partial charge in [0.25, 0.3) is 0 Å². The van der Waals surface area contributed by atoms with Gasteiger partial charge in [-0.1, -0.05) is 30.7 Å². The van der Waals surface area contributed by atoms with Crippen molar-refractivity contribution < 1.29 is 9.32 Å². The smallest absolute Gasteiger partial charge is 0.229 e. The van der Waals surface area contributed by atoms with Crippen molar-refractivity contribution in [3.63, 3.8) is 0 Å². The summed E-state index contributed by atoms with van der Waals surface area (Å²) in [5.74, 6) is 2.54. The Hall–Kier alpha value is -1.65. The van der Waals surface area contributed by atoms with E-state index in [9.17, 15) is 4.79 Å². The van der Waals surface area contributed by atoms with Crippen LogP contribution < -0.4 is 0 Å². The van der Waals surface area contributed by atoms with Crippen molar-refractivity contribution in [1.82, 2.24) is 15.0 Å². The minimum atomic E-state index is 0.0921. The average Bonchev–Trinajstić information content (AvgIpc) is 2.83. The molecular formula is C18H27N3O2. The average molecular weight is 317 g/mol. The number of aryl methyl sites for hydroxylation is 1. The number of nitrogens with zero attached hydrogens (tertiary/aromatic N) is 3. The highest BCUT2D eigenvalue weighted by Gasteiger charge is 2.61. The summed E-state index contributed by atoms with van der Waals surface area (Å²) in [5.41, 5.74) is 1.39. The third kappa shape index (κ3) is 3.06. The van der Waals surface area contributed by atoms with E-state index in [1.54, 1.807) is 0 Å². The van der Waals surface area contributed by atoms with E-state index < -0.39 is 0 Å². The van der Waals surface area contributed by atoms with Gasteiger partial charge in [-0.25, -0.2) is 0 Å². The Morgan fingerprint density at radius 3 is 2.48 bits per heavy atom. The van der Waals surface area contributed by atoms with Crippen molar-refractivity contribution in [3.05, 3.63) is 23.4 Å². The second kappa shape index (κ2) is 5.77. The number of carbonyl (C=O) groups is 1. The molecule has 1 aliphatic carbocycles. The summed E-state index contributed by atoms with van der Waals surface area (Å²) in [7, 11) is 0. The molecule has 23 heavy (non-hydrogen) atoms. The predicted octanol–water partition coefficient (Wildman–Crippen LogP) is 3.32. The summed E-state index contributed by atoms with van der Waals surface area (Å²) in [6, 6.07) is 0. The van der Waals surface area contributed by atoms with Crippen molar-refractivity contribution in [2.75, 3.05) is 13.1 Å². The molecule has 0 unspecified atom stereocenters. The van der Waals surface area contributed by atoms with Crippen LogP contribution in [-0.4, -0.2) is 34.0 Å². The normalized spacial score (nSPS) is 26.9. The molecule has 0 aromatic carbocycles. The number of likely N-dealkylation sites (tertiary alicyclic amines) is 1. The minimum Gasteiger partial charge on any atom is -0.342 e. The largest absolute Gasteiger partial charge is 0.342 e. The zero-order valence-corrected chi connectivity index (χ0v) is 14.8. The van der Waals surface area contributed by atoms with E-state index in [2.05, 4.69) is 43.9 Å². The Labute approximate surface area is 138 Å². The van der Waals surface area contributed by atoms with E-state index in [0.717, 1.165) is 31.8 Å². The lowest BCUT2D eigenvalue weighted by atomic mass is 9.96. The second-order valence-electron chi connectivity index (χ2n) is 7.85. The van der Waals surface area contributed by atoms with Crippen LogP contribution in [0.1, 0.15) is 58.2 Å². The second-order valence-corrected chi connectivity index (χ2v) is 7.85. The molecule has 0 bridgehead atoms. The van der Waals surface area contributed by atoms with E-state index >= 15 is 0 Å². The third-order valence-corrected chi connectivity index (χ3v) is 5.39. The van der Waals surface area contributed by atoms with Crippen molar-refractivity contribution in [3.8, 4) is 0 Å². The van der Waals surface area contributed by atoms with E-state index in [1.807, 2.05) is 11.8 Å². The first-order chi connectivity index (χ1) is 10.8. The van der Waals surface area contributed by atoms with E-state index in [4.69, 9.17) is 4.52 Å². The number of allylic oxidation sites excluding steroid dienone is 2. The number of hydrogen-bond acceptors (Lipinski definition) is 4. The van der Waals surface area contributed by atoms with Crippen LogP contribution in [-0.2, 0) is 4.79 Å². The summed E-state index contributed by atoms with van der Waals surface area (Å²) in [5, 5.41) is 3.87. The van der Waals surface area contributed by atoms with Crippen LogP contribution in [0.4, 0.5) is 0 Å². The fraction of sp³-hybridized carbons (Fsp3) is 0.722. The molecule has 1 saturated carbocycles. The van der Waals surface area contributed by atoms with Crippen LogP contribution in [0.15, 0.2) is 16.2 Å². The van der Waals surface area contributed by atoms with Gasteiger partial charge in [0.15, 0.2) is 5.82 Å².